The summed E-state index contributed by atoms with van der Waals surface area (Å²) >= 11 is 0. The van der Waals surface area contributed by atoms with E-state index < -0.39 is 42.3 Å². The fourth-order valence-electron chi connectivity index (χ4n) is 10.1. The number of aromatic nitrogens is 7. The van der Waals surface area contributed by atoms with Crippen LogP contribution in [0.5, 0.6) is 0 Å². The minimum absolute atomic E-state index is 0.0504. The number of amides is 3. The van der Waals surface area contributed by atoms with Crippen LogP contribution in [0.1, 0.15) is 79.5 Å². The molecule has 5 aromatic rings. The van der Waals surface area contributed by atoms with Crippen LogP contribution in [0.2, 0.25) is 0 Å². The molecule has 5 aliphatic rings. The smallest absolute Gasteiger partial charge is 0.329 e. The molecule has 0 spiro atoms. The van der Waals surface area contributed by atoms with E-state index in [0.29, 0.717) is 93.6 Å². The maximum absolute atomic E-state index is 15.7. The maximum Gasteiger partial charge on any atom is 0.329 e. The summed E-state index contributed by atoms with van der Waals surface area (Å²) < 4.78 is 62.0. The number of rotatable bonds is 11. The van der Waals surface area contributed by atoms with Crippen molar-refractivity contribution in [1.29, 1.82) is 0 Å². The van der Waals surface area contributed by atoms with Crippen molar-refractivity contribution >= 4 is 51.6 Å². The number of halogens is 3. The molecule has 10 rings (SSSR count). The first-order chi connectivity index (χ1) is 31.0. The number of nitrogens with one attached hydrogen (secondary N) is 2. The number of carbonyl (C=O) groups excluding carboxylic acids is 3. The number of carbonyl (C=O) groups is 3. The van der Waals surface area contributed by atoms with Gasteiger partial charge >= 0.3 is 5.69 Å². The van der Waals surface area contributed by atoms with E-state index in [1.54, 1.807) is 24.0 Å². The van der Waals surface area contributed by atoms with Gasteiger partial charge in [0.15, 0.2) is 11.3 Å². The van der Waals surface area contributed by atoms with Crippen molar-refractivity contribution in [3.8, 4) is 0 Å². The largest absolute Gasteiger partial charge is 0.378 e. The van der Waals surface area contributed by atoms with Crippen LogP contribution in [-0.2, 0) is 26.1 Å². The average Bonchev–Trinajstić information content (AvgIpc) is 3.97. The molecule has 340 valence electrons. The number of aryl methyl sites for hydroxylation is 1. The van der Waals surface area contributed by atoms with E-state index in [2.05, 4.69) is 40.5 Å². The Balaban J connectivity index is 0.704. The van der Waals surface area contributed by atoms with Crippen LogP contribution < -0.4 is 26.1 Å². The quantitative estimate of drug-likeness (QED) is 0.185. The van der Waals surface area contributed by atoms with Crippen molar-refractivity contribution in [2.24, 2.45) is 13.0 Å². The molecule has 18 nitrogen and oxygen atoms in total. The summed E-state index contributed by atoms with van der Waals surface area (Å²) in [6.07, 6.45) is 3.89. The van der Waals surface area contributed by atoms with Crippen LogP contribution in [0.15, 0.2) is 47.7 Å². The lowest BCUT2D eigenvalue weighted by Crippen LogP contribution is -2.56. The Morgan fingerprint density at radius 3 is 2.55 bits per heavy atom. The Kier molecular flexibility index (Phi) is 11.4. The van der Waals surface area contributed by atoms with Crippen LogP contribution >= 0.6 is 0 Å². The normalized spacial score (nSPS) is 25.0. The molecule has 5 fully saturated rings. The summed E-state index contributed by atoms with van der Waals surface area (Å²) in [5.41, 5.74) is 1.73. The third kappa shape index (κ3) is 8.01. The molecule has 64 heavy (non-hydrogen) atoms. The predicted molar refractivity (Wildman–Crippen MR) is 228 cm³/mol. The van der Waals surface area contributed by atoms with E-state index in [1.807, 2.05) is 18.2 Å². The third-order valence-electron chi connectivity index (χ3n) is 13.6. The Labute approximate surface area is 365 Å². The zero-order valence-corrected chi connectivity index (χ0v) is 35.5. The first-order valence-corrected chi connectivity index (χ1v) is 22.1. The summed E-state index contributed by atoms with van der Waals surface area (Å²) in [6, 6.07) is 6.50. The minimum Gasteiger partial charge on any atom is -0.378 e. The average molecular weight is 889 g/mol. The molecule has 1 aromatic carbocycles. The van der Waals surface area contributed by atoms with Gasteiger partial charge in [0.1, 0.15) is 23.6 Å². The van der Waals surface area contributed by atoms with E-state index in [0.717, 1.165) is 25.1 Å². The second-order valence-electron chi connectivity index (χ2n) is 17.6. The lowest BCUT2D eigenvalue weighted by atomic mass is 9.85. The Morgan fingerprint density at radius 1 is 1.00 bits per heavy atom. The van der Waals surface area contributed by atoms with Gasteiger partial charge in [-0.3, -0.25) is 38.4 Å². The first kappa shape index (κ1) is 42.2. The number of para-hydroxylation sites is 1. The molecule has 1 unspecified atom stereocenters. The monoisotopic (exact) mass is 888 g/mol. The number of likely N-dealkylation sites (tertiary alicyclic amines) is 1. The van der Waals surface area contributed by atoms with Gasteiger partial charge in [0, 0.05) is 71.7 Å². The number of anilines is 3. The number of nitrogens with zero attached hydrogens (tertiary/aromatic N) is 10. The van der Waals surface area contributed by atoms with Crippen molar-refractivity contribution in [3.63, 3.8) is 0 Å². The zero-order chi connectivity index (χ0) is 44.2. The van der Waals surface area contributed by atoms with E-state index in [-0.39, 0.29) is 54.4 Å². The number of hydrogen-bond acceptors (Lipinski definition) is 12. The summed E-state index contributed by atoms with van der Waals surface area (Å²) in [6.45, 7) is 5.24. The van der Waals surface area contributed by atoms with Gasteiger partial charge in [-0.15, -0.1) is 0 Å². The van der Waals surface area contributed by atoms with Gasteiger partial charge in [-0.25, -0.2) is 27.5 Å². The van der Waals surface area contributed by atoms with Crippen LogP contribution in [0.25, 0.3) is 16.7 Å². The van der Waals surface area contributed by atoms with Crippen molar-refractivity contribution in [3.05, 3.63) is 64.6 Å². The van der Waals surface area contributed by atoms with Gasteiger partial charge in [0.25, 0.3) is 12.3 Å². The number of alkyl halides is 3. The number of fused-ring (bicyclic) bond motifs is 2. The molecule has 3 amide bonds. The predicted octanol–water partition coefficient (Wildman–Crippen LogP) is 3.63. The Morgan fingerprint density at radius 2 is 1.80 bits per heavy atom. The molecule has 4 aliphatic heterocycles. The zero-order valence-electron chi connectivity index (χ0n) is 35.5. The van der Waals surface area contributed by atoms with Gasteiger partial charge < -0.3 is 24.6 Å². The number of piperidine rings is 2. The third-order valence-corrected chi connectivity index (χ3v) is 13.6. The number of morpholine rings is 1. The van der Waals surface area contributed by atoms with Crippen LogP contribution in [0.3, 0.4) is 0 Å². The summed E-state index contributed by atoms with van der Waals surface area (Å²) in [7, 11) is 1.67. The molecule has 4 aromatic heterocycles. The number of imidazole rings is 1. The van der Waals surface area contributed by atoms with E-state index >= 15 is 4.39 Å². The van der Waals surface area contributed by atoms with Gasteiger partial charge in [-0.05, 0) is 62.6 Å². The van der Waals surface area contributed by atoms with Gasteiger partial charge in [0.2, 0.25) is 11.8 Å². The number of imide groups is 1. The Hall–Kier alpha value is -5.80. The molecule has 4 saturated heterocycles. The number of benzene rings is 1. The SMILES string of the molecule is Cn1c(=O)n(C2CCC(=O)NC2=O)c2cccc(N3CC(O[C@@H]4CCN(CC5CCC(n6cc(NC(=O)c7cnn8ccc(N9CCOCC9)nc78)c(C(F)F)n6)CC5)C[C@H]4F)C3)c21. The molecule has 3 atom stereocenters. The summed E-state index contributed by atoms with van der Waals surface area (Å²) in [5.74, 6) is -0.440. The molecule has 1 saturated carbocycles. The molecular formula is C43H51F3N12O6. The second-order valence-corrected chi connectivity index (χ2v) is 17.6. The highest BCUT2D eigenvalue weighted by Crippen LogP contribution is 2.37. The molecule has 0 bridgehead atoms. The molecule has 0 radical (unpaired) electrons. The Bertz CT molecular complexity index is 2630. The topological polar surface area (TPSA) is 178 Å². The van der Waals surface area contributed by atoms with Crippen molar-refractivity contribution in [1.82, 2.24) is 43.7 Å². The standard InChI is InChI=1S/C43H51F3N12O6/c1-52-38-31(3-2-4-32(38)58(43(52)62)33-9-10-36(59)50-42(33)61)55-21-27(22-55)64-34-11-13-53(23-29(34)44)20-25-5-7-26(8-6-25)57-24-30(37(51-57)39(45)46)48-41(60)28-19-47-56-14-12-35(49-40(28)56)54-15-17-63-18-16-54/h2-4,12,14,19,24-27,29,33-34,39H,5-11,13,15-18,20-23H2,1H3,(H,48,60)(H,50,59,61)/t25?,26?,29-,33?,34-/m1/s1. The highest BCUT2D eigenvalue weighted by Gasteiger charge is 2.39. The fourth-order valence-corrected chi connectivity index (χ4v) is 10.1. The highest BCUT2D eigenvalue weighted by atomic mass is 19.3. The van der Waals surface area contributed by atoms with Gasteiger partial charge in [-0.1, -0.05) is 6.07 Å². The van der Waals surface area contributed by atoms with E-state index in [4.69, 9.17) is 9.47 Å². The summed E-state index contributed by atoms with van der Waals surface area (Å²) in [4.78, 5) is 62.2. The highest BCUT2D eigenvalue weighted by molar-refractivity contribution is 6.08. The first-order valence-electron chi connectivity index (χ1n) is 22.1. The van der Waals surface area contributed by atoms with Crippen molar-refractivity contribution < 1.29 is 37.0 Å². The lowest BCUT2D eigenvalue weighted by Gasteiger charge is -2.45. The maximum atomic E-state index is 15.7. The summed E-state index contributed by atoms with van der Waals surface area (Å²) in [5, 5.41) is 13.5. The van der Waals surface area contributed by atoms with Crippen molar-refractivity contribution in [2.45, 2.75) is 81.8 Å². The second kappa shape index (κ2) is 17.3. The molecule has 8 heterocycles. The molecule has 2 N–H and O–H groups in total. The molecule has 1 aliphatic carbocycles. The van der Waals surface area contributed by atoms with Crippen LogP contribution in [0, 0.1) is 5.92 Å². The molecular weight excluding hydrogens is 838 g/mol. The van der Waals surface area contributed by atoms with Crippen LogP contribution in [0.4, 0.5) is 30.4 Å². The van der Waals surface area contributed by atoms with Crippen LogP contribution in [-0.4, -0.2) is 134 Å². The number of hydrogen-bond donors (Lipinski definition) is 2. The number of ether oxygens (including phenoxy) is 2. The van der Waals surface area contributed by atoms with E-state index in [9.17, 15) is 28.0 Å². The fraction of sp³-hybridized carbons (Fsp3) is 0.558. The van der Waals surface area contributed by atoms with E-state index in [1.165, 1.54) is 26.0 Å². The van der Waals surface area contributed by atoms with Crippen molar-refractivity contribution in [2.75, 3.05) is 74.1 Å². The minimum atomic E-state index is -2.90. The lowest BCUT2D eigenvalue weighted by molar-refractivity contribution is -0.135. The van der Waals surface area contributed by atoms with Gasteiger partial charge in [-0.2, -0.15) is 10.2 Å². The van der Waals surface area contributed by atoms with Gasteiger partial charge in [0.05, 0.1) is 60.1 Å². The molecule has 21 heteroatoms.